The Labute approximate surface area is 184 Å². The minimum absolute atomic E-state index is 0.259. The second-order valence-electron chi connectivity index (χ2n) is 9.07. The molecule has 0 radical (unpaired) electrons. The van der Waals surface area contributed by atoms with Crippen LogP contribution in [0.2, 0.25) is 0 Å². The van der Waals surface area contributed by atoms with Gasteiger partial charge in [0.1, 0.15) is 18.0 Å². The lowest BCUT2D eigenvalue weighted by Gasteiger charge is -2.35. The van der Waals surface area contributed by atoms with Crippen LogP contribution >= 0.6 is 0 Å². The molecule has 0 aliphatic carbocycles. The lowest BCUT2D eigenvalue weighted by Crippen LogP contribution is -2.38. The number of benzene rings is 1. The zero-order valence-corrected chi connectivity index (χ0v) is 18.4. The van der Waals surface area contributed by atoms with E-state index in [9.17, 15) is 5.11 Å². The molecule has 2 fully saturated rings. The number of nitrogens with one attached hydrogen (secondary N) is 1. The van der Waals surface area contributed by atoms with Gasteiger partial charge in [-0.25, -0.2) is 9.97 Å². The molecule has 2 N–H and O–H groups in total. The van der Waals surface area contributed by atoms with Crippen LogP contribution in [0.3, 0.4) is 0 Å². The van der Waals surface area contributed by atoms with Crippen molar-refractivity contribution in [1.29, 1.82) is 0 Å². The van der Waals surface area contributed by atoms with Crippen molar-refractivity contribution in [3.63, 3.8) is 0 Å². The number of aryl methyl sites for hydroxylation is 1. The van der Waals surface area contributed by atoms with Gasteiger partial charge in [0.25, 0.3) is 0 Å². The maximum atomic E-state index is 9.54. The third kappa shape index (κ3) is 4.01. The van der Waals surface area contributed by atoms with E-state index < -0.39 is 0 Å². The summed E-state index contributed by atoms with van der Waals surface area (Å²) in [4.78, 5) is 17.4. The lowest BCUT2D eigenvalue weighted by molar-refractivity contribution is 0.208. The van der Waals surface area contributed by atoms with E-state index in [2.05, 4.69) is 62.1 Å². The highest BCUT2D eigenvalue weighted by Crippen LogP contribution is 2.35. The van der Waals surface area contributed by atoms with Crippen LogP contribution in [0.15, 0.2) is 36.8 Å². The number of aromatic amines is 1. The van der Waals surface area contributed by atoms with Gasteiger partial charge in [-0.2, -0.15) is 0 Å². The van der Waals surface area contributed by atoms with Gasteiger partial charge in [-0.3, -0.25) is 0 Å². The molecule has 6 heteroatoms. The number of hydrogen-bond acceptors (Lipinski definition) is 5. The number of hydrogen-bond donors (Lipinski definition) is 2. The van der Waals surface area contributed by atoms with Gasteiger partial charge in [0.15, 0.2) is 0 Å². The molecule has 31 heavy (non-hydrogen) atoms. The van der Waals surface area contributed by atoms with E-state index in [0.717, 1.165) is 69.9 Å². The number of nitrogens with zero attached hydrogens (tertiary/aromatic N) is 4. The first-order valence-corrected chi connectivity index (χ1v) is 11.8. The fourth-order valence-corrected chi connectivity index (χ4v) is 5.40. The van der Waals surface area contributed by atoms with Gasteiger partial charge in [-0.15, -0.1) is 0 Å². The summed E-state index contributed by atoms with van der Waals surface area (Å²) in [6.45, 7) is 6.40. The average molecular weight is 420 g/mol. The largest absolute Gasteiger partial charge is 0.396 e. The Morgan fingerprint density at radius 3 is 2.65 bits per heavy atom. The maximum absolute atomic E-state index is 9.54. The number of aliphatic hydroxyl groups excluding tert-OH is 1. The summed E-state index contributed by atoms with van der Waals surface area (Å²) in [6, 6.07) is 8.82. The van der Waals surface area contributed by atoms with Crippen LogP contribution in [0.4, 0.5) is 11.6 Å². The Bertz CT molecular complexity index is 1020. The summed E-state index contributed by atoms with van der Waals surface area (Å²) in [5.74, 6) is 2.97. The van der Waals surface area contributed by atoms with Crippen molar-refractivity contribution in [2.24, 2.45) is 5.92 Å². The van der Waals surface area contributed by atoms with Gasteiger partial charge in [0.05, 0.1) is 0 Å². The molecule has 2 aliphatic heterocycles. The van der Waals surface area contributed by atoms with E-state index in [1.165, 1.54) is 22.0 Å². The number of aromatic nitrogens is 3. The van der Waals surface area contributed by atoms with E-state index in [0.29, 0.717) is 11.8 Å². The summed E-state index contributed by atoms with van der Waals surface area (Å²) >= 11 is 0. The molecule has 1 unspecified atom stereocenters. The molecule has 2 aromatic heterocycles. The Morgan fingerprint density at radius 1 is 1.06 bits per heavy atom. The number of aliphatic hydroxyl groups is 1. The molecular weight excluding hydrogens is 386 g/mol. The Balaban J connectivity index is 1.28. The van der Waals surface area contributed by atoms with Crippen LogP contribution in [0.5, 0.6) is 0 Å². The van der Waals surface area contributed by atoms with Gasteiger partial charge in [-0.1, -0.05) is 25.1 Å². The zero-order chi connectivity index (χ0) is 21.2. The maximum Gasteiger partial charge on any atom is 0.134 e. The molecule has 0 saturated carbocycles. The molecule has 5 rings (SSSR count). The number of para-hydroxylation sites is 1. The SMILES string of the molecule is CCc1cccc2c(C3CCN(c4cc(N5CCCC(CO)C5)ncn4)CC3)c[nH]c12. The van der Waals surface area contributed by atoms with Crippen molar-refractivity contribution in [3.8, 4) is 0 Å². The van der Waals surface area contributed by atoms with Crippen molar-refractivity contribution < 1.29 is 5.11 Å². The second-order valence-corrected chi connectivity index (χ2v) is 9.07. The molecule has 2 saturated heterocycles. The summed E-state index contributed by atoms with van der Waals surface area (Å²) in [5.41, 5.74) is 4.18. The van der Waals surface area contributed by atoms with Crippen LogP contribution < -0.4 is 9.80 Å². The summed E-state index contributed by atoms with van der Waals surface area (Å²) < 4.78 is 0. The quantitative estimate of drug-likeness (QED) is 0.651. The highest BCUT2D eigenvalue weighted by Gasteiger charge is 2.25. The highest BCUT2D eigenvalue weighted by molar-refractivity contribution is 5.86. The fourth-order valence-electron chi connectivity index (χ4n) is 5.40. The van der Waals surface area contributed by atoms with Crippen molar-refractivity contribution >= 4 is 22.5 Å². The van der Waals surface area contributed by atoms with Crippen molar-refractivity contribution in [2.75, 3.05) is 42.6 Å². The summed E-state index contributed by atoms with van der Waals surface area (Å²) in [5, 5.41) is 10.9. The average Bonchev–Trinajstić information content (AvgIpc) is 3.28. The Hall–Kier alpha value is -2.60. The van der Waals surface area contributed by atoms with Crippen LogP contribution in [0.1, 0.15) is 49.7 Å². The summed E-state index contributed by atoms with van der Waals surface area (Å²) in [7, 11) is 0. The third-order valence-electron chi connectivity index (χ3n) is 7.21. The van der Waals surface area contributed by atoms with Gasteiger partial charge in [0, 0.05) is 56.0 Å². The molecule has 6 nitrogen and oxygen atoms in total. The van der Waals surface area contributed by atoms with Gasteiger partial charge < -0.3 is 19.9 Å². The lowest BCUT2D eigenvalue weighted by atomic mass is 9.89. The van der Waals surface area contributed by atoms with E-state index in [1.54, 1.807) is 6.33 Å². The summed E-state index contributed by atoms with van der Waals surface area (Å²) in [6.07, 6.45) is 9.48. The van der Waals surface area contributed by atoms with E-state index in [4.69, 9.17) is 0 Å². The van der Waals surface area contributed by atoms with Crippen LogP contribution in [0.25, 0.3) is 10.9 Å². The molecule has 0 amide bonds. The molecule has 4 heterocycles. The predicted octanol–water partition coefficient (Wildman–Crippen LogP) is 4.11. The zero-order valence-electron chi connectivity index (χ0n) is 18.4. The molecule has 164 valence electrons. The molecule has 2 aliphatic rings. The first-order chi connectivity index (χ1) is 15.3. The fraction of sp³-hybridized carbons (Fsp3) is 0.520. The Kier molecular flexibility index (Phi) is 5.81. The van der Waals surface area contributed by atoms with Crippen LogP contribution in [0, 0.1) is 5.92 Å². The van der Waals surface area contributed by atoms with Gasteiger partial charge >= 0.3 is 0 Å². The van der Waals surface area contributed by atoms with Gasteiger partial charge in [0.2, 0.25) is 0 Å². The number of rotatable bonds is 5. The van der Waals surface area contributed by atoms with Gasteiger partial charge in [-0.05, 0) is 55.1 Å². The van der Waals surface area contributed by atoms with Crippen LogP contribution in [-0.2, 0) is 6.42 Å². The van der Waals surface area contributed by atoms with E-state index in [1.807, 2.05) is 0 Å². The monoisotopic (exact) mass is 419 g/mol. The molecule has 0 bridgehead atoms. The standard InChI is InChI=1S/C25H33N5O/c1-2-19-6-3-7-21-22(14-26-25(19)21)20-8-11-29(12-9-20)23-13-24(28-17-27-23)30-10-4-5-18(15-30)16-31/h3,6-7,13-14,17-18,20,26,31H,2,4-5,8-12,15-16H2,1H3. The normalized spacial score (nSPS) is 20.5. The van der Waals surface area contributed by atoms with Crippen molar-refractivity contribution in [3.05, 3.63) is 47.9 Å². The number of anilines is 2. The first-order valence-electron chi connectivity index (χ1n) is 11.8. The number of H-pyrrole nitrogens is 1. The van der Waals surface area contributed by atoms with Crippen molar-refractivity contribution in [1.82, 2.24) is 15.0 Å². The number of piperidine rings is 2. The Morgan fingerprint density at radius 2 is 1.87 bits per heavy atom. The predicted molar refractivity (Wildman–Crippen MR) is 126 cm³/mol. The van der Waals surface area contributed by atoms with Crippen molar-refractivity contribution in [2.45, 2.75) is 44.9 Å². The topological polar surface area (TPSA) is 68.3 Å². The first kappa shape index (κ1) is 20.3. The smallest absolute Gasteiger partial charge is 0.134 e. The molecule has 0 spiro atoms. The van der Waals surface area contributed by atoms with Crippen LogP contribution in [-0.4, -0.2) is 52.8 Å². The highest BCUT2D eigenvalue weighted by atomic mass is 16.3. The molecule has 1 atom stereocenters. The van der Waals surface area contributed by atoms with E-state index >= 15 is 0 Å². The minimum atomic E-state index is 0.259. The number of fused-ring (bicyclic) bond motifs is 1. The second kappa shape index (κ2) is 8.87. The molecular formula is C25H33N5O. The minimum Gasteiger partial charge on any atom is -0.396 e. The molecule has 1 aromatic carbocycles. The molecule has 3 aromatic rings. The third-order valence-corrected chi connectivity index (χ3v) is 7.21. The van der Waals surface area contributed by atoms with E-state index in [-0.39, 0.29) is 6.61 Å².